The maximum atomic E-state index is 11.8. The topological polar surface area (TPSA) is 70.2 Å². The van der Waals surface area contributed by atoms with Crippen molar-refractivity contribution in [2.75, 3.05) is 11.9 Å². The lowest BCUT2D eigenvalue weighted by Gasteiger charge is -2.11. The second-order valence-corrected chi connectivity index (χ2v) is 5.08. The van der Waals surface area contributed by atoms with Crippen LogP contribution >= 0.6 is 0 Å². The van der Waals surface area contributed by atoms with Crippen LogP contribution in [0.4, 0.5) is 10.5 Å². The number of amides is 3. The van der Waals surface area contributed by atoms with Gasteiger partial charge in [0.2, 0.25) is 5.91 Å². The molecule has 3 N–H and O–H groups in total. The maximum Gasteiger partial charge on any atom is 0.321 e. The third-order valence-electron chi connectivity index (χ3n) is 3.39. The van der Waals surface area contributed by atoms with Gasteiger partial charge in [-0.05, 0) is 23.6 Å². The summed E-state index contributed by atoms with van der Waals surface area (Å²) in [5.74, 6) is -0.374. The van der Waals surface area contributed by atoms with E-state index in [1.807, 2.05) is 54.6 Å². The van der Waals surface area contributed by atoms with Crippen molar-refractivity contribution in [2.45, 2.75) is 19.9 Å². The third-order valence-corrected chi connectivity index (χ3v) is 3.39. The largest absolute Gasteiger partial charge is 0.376 e. The fourth-order valence-corrected chi connectivity index (χ4v) is 2.17. The van der Waals surface area contributed by atoms with Crippen molar-refractivity contribution in [3.05, 3.63) is 65.7 Å². The summed E-state index contributed by atoms with van der Waals surface area (Å²) in [6.07, 6.45) is 0.877. The van der Waals surface area contributed by atoms with Crippen molar-refractivity contribution in [1.29, 1.82) is 0 Å². The second kappa shape index (κ2) is 8.58. The van der Waals surface area contributed by atoms with Crippen molar-refractivity contribution in [2.24, 2.45) is 0 Å². The molecule has 0 atom stereocenters. The zero-order valence-corrected chi connectivity index (χ0v) is 13.1. The van der Waals surface area contributed by atoms with Crippen LogP contribution in [-0.4, -0.2) is 18.5 Å². The summed E-state index contributed by atoms with van der Waals surface area (Å²) in [6, 6.07) is 16.8. The van der Waals surface area contributed by atoms with Gasteiger partial charge in [-0.15, -0.1) is 0 Å². The van der Waals surface area contributed by atoms with Gasteiger partial charge in [0.15, 0.2) is 0 Å². The van der Waals surface area contributed by atoms with Gasteiger partial charge >= 0.3 is 6.03 Å². The quantitative estimate of drug-likeness (QED) is 0.768. The summed E-state index contributed by atoms with van der Waals surface area (Å²) in [7, 11) is 0. The zero-order valence-electron chi connectivity index (χ0n) is 13.1. The molecular formula is C18H21N3O2. The Labute approximate surface area is 136 Å². The first-order chi connectivity index (χ1) is 11.2. The number of rotatable bonds is 6. The number of aryl methyl sites for hydroxylation is 1. The molecule has 3 amide bonds. The molecule has 0 aliphatic rings. The number of benzene rings is 2. The van der Waals surface area contributed by atoms with Crippen molar-refractivity contribution < 1.29 is 9.59 Å². The molecule has 5 nitrogen and oxygen atoms in total. The number of hydrogen-bond donors (Lipinski definition) is 3. The van der Waals surface area contributed by atoms with Crippen LogP contribution in [0, 0.1) is 0 Å². The lowest BCUT2D eigenvalue weighted by Crippen LogP contribution is -2.41. The van der Waals surface area contributed by atoms with Crippen LogP contribution in [0.25, 0.3) is 0 Å². The molecule has 5 heteroatoms. The molecule has 23 heavy (non-hydrogen) atoms. The summed E-state index contributed by atoms with van der Waals surface area (Å²) < 4.78 is 0. The molecule has 0 saturated heterocycles. The van der Waals surface area contributed by atoms with E-state index in [4.69, 9.17) is 0 Å². The van der Waals surface area contributed by atoms with Crippen LogP contribution in [0.5, 0.6) is 0 Å². The normalized spacial score (nSPS) is 9.96. The van der Waals surface area contributed by atoms with Gasteiger partial charge in [-0.1, -0.05) is 55.5 Å². The van der Waals surface area contributed by atoms with E-state index in [2.05, 4.69) is 22.9 Å². The Kier molecular flexibility index (Phi) is 6.17. The minimum absolute atomic E-state index is 0.0514. The fourth-order valence-electron chi connectivity index (χ4n) is 2.17. The van der Waals surface area contributed by atoms with Crippen molar-refractivity contribution in [3.8, 4) is 0 Å². The van der Waals surface area contributed by atoms with Gasteiger partial charge in [-0.25, -0.2) is 4.79 Å². The Hall–Kier alpha value is -2.82. The highest BCUT2D eigenvalue weighted by Gasteiger charge is 2.08. The van der Waals surface area contributed by atoms with E-state index in [-0.39, 0.29) is 12.5 Å². The molecule has 2 rings (SSSR count). The van der Waals surface area contributed by atoms with Crippen LogP contribution in [0.1, 0.15) is 18.1 Å². The Balaban J connectivity index is 1.75. The number of carbonyl (C=O) groups excluding carboxylic acids is 2. The SMILES string of the molecule is CCc1ccccc1NCC(=O)NC(=O)NCc1ccccc1. The van der Waals surface area contributed by atoms with Crippen LogP contribution in [0.3, 0.4) is 0 Å². The number of hydrogen-bond acceptors (Lipinski definition) is 3. The van der Waals surface area contributed by atoms with Gasteiger partial charge in [0.1, 0.15) is 0 Å². The highest BCUT2D eigenvalue weighted by atomic mass is 16.2. The maximum absolute atomic E-state index is 11.8. The molecule has 120 valence electrons. The molecule has 0 heterocycles. The summed E-state index contributed by atoms with van der Waals surface area (Å²) in [4.78, 5) is 23.5. The molecule has 0 radical (unpaired) electrons. The van der Waals surface area contributed by atoms with Crippen LogP contribution < -0.4 is 16.0 Å². The Morgan fingerprint density at radius 2 is 1.65 bits per heavy atom. The number of carbonyl (C=O) groups is 2. The molecular weight excluding hydrogens is 290 g/mol. The lowest BCUT2D eigenvalue weighted by atomic mass is 10.1. The third kappa shape index (κ3) is 5.47. The average molecular weight is 311 g/mol. The van der Waals surface area contributed by atoms with Crippen molar-refractivity contribution >= 4 is 17.6 Å². The van der Waals surface area contributed by atoms with E-state index in [9.17, 15) is 9.59 Å². The first kappa shape index (κ1) is 16.5. The van der Waals surface area contributed by atoms with E-state index in [1.165, 1.54) is 0 Å². The van der Waals surface area contributed by atoms with Gasteiger partial charge in [-0.3, -0.25) is 10.1 Å². The Bertz CT molecular complexity index is 656. The van der Waals surface area contributed by atoms with E-state index < -0.39 is 6.03 Å². The smallest absolute Gasteiger partial charge is 0.321 e. The molecule has 0 fully saturated rings. The number of para-hydroxylation sites is 1. The van der Waals surface area contributed by atoms with Gasteiger partial charge in [0.05, 0.1) is 6.54 Å². The molecule has 0 aliphatic carbocycles. The number of urea groups is 1. The first-order valence-electron chi connectivity index (χ1n) is 7.62. The fraction of sp³-hybridized carbons (Fsp3) is 0.222. The summed E-state index contributed by atoms with van der Waals surface area (Å²) in [6.45, 7) is 2.49. The van der Waals surface area contributed by atoms with Gasteiger partial charge < -0.3 is 10.6 Å². The van der Waals surface area contributed by atoms with Gasteiger partial charge in [0.25, 0.3) is 0 Å². The van der Waals surface area contributed by atoms with E-state index in [0.29, 0.717) is 6.54 Å². The summed E-state index contributed by atoms with van der Waals surface area (Å²) >= 11 is 0. The average Bonchev–Trinajstić information content (AvgIpc) is 2.59. The number of nitrogens with one attached hydrogen (secondary N) is 3. The van der Waals surface area contributed by atoms with Crippen LogP contribution in [-0.2, 0) is 17.8 Å². The molecule has 0 aliphatic heterocycles. The van der Waals surface area contributed by atoms with Gasteiger partial charge in [-0.2, -0.15) is 0 Å². The molecule has 2 aromatic rings. The van der Waals surface area contributed by atoms with Crippen LogP contribution in [0.2, 0.25) is 0 Å². The predicted octanol–water partition coefficient (Wildman–Crippen LogP) is 2.69. The van der Waals surface area contributed by atoms with Crippen LogP contribution in [0.15, 0.2) is 54.6 Å². The van der Waals surface area contributed by atoms with Crippen molar-refractivity contribution in [1.82, 2.24) is 10.6 Å². The van der Waals surface area contributed by atoms with Crippen molar-refractivity contribution in [3.63, 3.8) is 0 Å². The highest BCUT2D eigenvalue weighted by molar-refractivity contribution is 5.96. The zero-order chi connectivity index (χ0) is 16.5. The molecule has 0 unspecified atom stereocenters. The molecule has 0 aromatic heterocycles. The first-order valence-corrected chi connectivity index (χ1v) is 7.62. The minimum Gasteiger partial charge on any atom is -0.376 e. The lowest BCUT2D eigenvalue weighted by molar-refractivity contribution is -0.118. The monoisotopic (exact) mass is 311 g/mol. The molecule has 0 bridgehead atoms. The minimum atomic E-state index is -0.496. The highest BCUT2D eigenvalue weighted by Crippen LogP contribution is 2.14. The van der Waals surface area contributed by atoms with Gasteiger partial charge in [0, 0.05) is 12.2 Å². The predicted molar refractivity (Wildman–Crippen MR) is 91.1 cm³/mol. The van der Waals surface area contributed by atoms with E-state index >= 15 is 0 Å². The number of imide groups is 1. The standard InChI is InChI=1S/C18H21N3O2/c1-2-15-10-6-7-11-16(15)19-13-17(22)21-18(23)20-12-14-8-4-3-5-9-14/h3-11,19H,2,12-13H2,1H3,(H2,20,21,22,23). The van der Waals surface area contributed by atoms with E-state index in [0.717, 1.165) is 23.2 Å². The Morgan fingerprint density at radius 3 is 2.39 bits per heavy atom. The number of anilines is 1. The second-order valence-electron chi connectivity index (χ2n) is 5.08. The molecule has 2 aromatic carbocycles. The summed E-state index contributed by atoms with van der Waals surface area (Å²) in [5.41, 5.74) is 3.02. The van der Waals surface area contributed by atoms with E-state index in [1.54, 1.807) is 0 Å². The Morgan fingerprint density at radius 1 is 0.957 bits per heavy atom. The molecule has 0 spiro atoms. The molecule has 0 saturated carbocycles. The summed E-state index contributed by atoms with van der Waals surface area (Å²) in [5, 5.41) is 8.01.